The Hall–Kier alpha value is -2.60. The molecule has 1 amide bonds. The third kappa shape index (κ3) is 3.80. The molecule has 26 heavy (non-hydrogen) atoms. The maximum atomic E-state index is 12.1. The summed E-state index contributed by atoms with van der Waals surface area (Å²) in [6.45, 7) is 4.55. The second-order valence-corrected chi connectivity index (χ2v) is 6.70. The molecule has 6 heteroatoms. The molecule has 3 heterocycles. The van der Waals surface area contributed by atoms with Crippen LogP contribution in [0.2, 0.25) is 0 Å². The van der Waals surface area contributed by atoms with E-state index in [-0.39, 0.29) is 12.0 Å². The van der Waals surface area contributed by atoms with Crippen molar-refractivity contribution in [1.29, 1.82) is 0 Å². The minimum atomic E-state index is -0.331. The SMILES string of the molecule is O=C(Nc1ccc(N2CCN(c3ccccc3)CC2)cn1)C1CCCO1. The number of carbonyl (C=O) groups excluding carboxylic acids is 1. The Morgan fingerprint density at radius 1 is 1.00 bits per heavy atom. The van der Waals surface area contributed by atoms with Gasteiger partial charge < -0.3 is 19.9 Å². The van der Waals surface area contributed by atoms with Crippen LogP contribution in [0.25, 0.3) is 0 Å². The predicted molar refractivity (Wildman–Crippen MR) is 103 cm³/mol. The number of benzene rings is 1. The lowest BCUT2D eigenvalue weighted by Gasteiger charge is -2.37. The first kappa shape index (κ1) is 16.8. The van der Waals surface area contributed by atoms with Crippen LogP contribution >= 0.6 is 0 Å². The predicted octanol–water partition coefficient (Wildman–Crippen LogP) is 2.53. The molecule has 0 spiro atoms. The number of hydrogen-bond donors (Lipinski definition) is 1. The molecule has 0 saturated carbocycles. The lowest BCUT2D eigenvalue weighted by molar-refractivity contribution is -0.124. The molecule has 2 aromatic rings. The molecule has 136 valence electrons. The zero-order chi connectivity index (χ0) is 17.8. The molecule has 1 unspecified atom stereocenters. The van der Waals surface area contributed by atoms with Gasteiger partial charge in [-0.1, -0.05) is 18.2 Å². The van der Waals surface area contributed by atoms with E-state index in [4.69, 9.17) is 4.74 Å². The number of aromatic nitrogens is 1. The largest absolute Gasteiger partial charge is 0.368 e. The first-order chi connectivity index (χ1) is 12.8. The van der Waals surface area contributed by atoms with Gasteiger partial charge in [0.2, 0.25) is 0 Å². The van der Waals surface area contributed by atoms with Crippen molar-refractivity contribution in [3.8, 4) is 0 Å². The van der Waals surface area contributed by atoms with E-state index in [1.165, 1.54) is 5.69 Å². The average Bonchev–Trinajstić information content (AvgIpc) is 3.25. The number of hydrogen-bond acceptors (Lipinski definition) is 5. The van der Waals surface area contributed by atoms with Crippen molar-refractivity contribution in [2.75, 3.05) is 47.9 Å². The summed E-state index contributed by atoms with van der Waals surface area (Å²) in [5, 5.41) is 2.84. The minimum absolute atomic E-state index is 0.0979. The molecular weight excluding hydrogens is 328 g/mol. The highest BCUT2D eigenvalue weighted by Crippen LogP contribution is 2.21. The monoisotopic (exact) mass is 352 g/mol. The van der Waals surface area contributed by atoms with Crippen LogP contribution in [0.4, 0.5) is 17.2 Å². The van der Waals surface area contributed by atoms with Crippen LogP contribution in [0.1, 0.15) is 12.8 Å². The second kappa shape index (κ2) is 7.74. The maximum Gasteiger partial charge on any atom is 0.254 e. The van der Waals surface area contributed by atoms with Crippen LogP contribution < -0.4 is 15.1 Å². The first-order valence-corrected chi connectivity index (χ1v) is 9.23. The summed E-state index contributed by atoms with van der Waals surface area (Å²) in [6.07, 6.45) is 3.24. The summed E-state index contributed by atoms with van der Waals surface area (Å²) in [6, 6.07) is 14.4. The molecule has 2 fully saturated rings. The molecule has 6 nitrogen and oxygen atoms in total. The molecule has 1 atom stereocenters. The molecule has 0 bridgehead atoms. The third-order valence-corrected chi connectivity index (χ3v) is 4.99. The Bertz CT molecular complexity index is 721. The molecule has 1 N–H and O–H groups in total. The number of nitrogens with zero attached hydrogens (tertiary/aromatic N) is 3. The van der Waals surface area contributed by atoms with Gasteiger partial charge in [-0.05, 0) is 37.1 Å². The fourth-order valence-corrected chi connectivity index (χ4v) is 3.50. The Morgan fingerprint density at radius 3 is 2.35 bits per heavy atom. The second-order valence-electron chi connectivity index (χ2n) is 6.70. The highest BCUT2D eigenvalue weighted by molar-refractivity contribution is 5.93. The number of carbonyl (C=O) groups is 1. The number of pyridine rings is 1. The topological polar surface area (TPSA) is 57.7 Å². The molecule has 4 rings (SSSR count). The van der Waals surface area contributed by atoms with Crippen LogP contribution in [0.15, 0.2) is 48.7 Å². The standard InChI is InChI=1S/C20H24N4O2/c25-20(18-7-4-14-26-18)22-19-9-8-17(15-21-19)24-12-10-23(11-13-24)16-5-2-1-3-6-16/h1-3,5-6,8-9,15,18H,4,7,10-14H2,(H,21,22,25). The Kier molecular flexibility index (Phi) is 5.02. The van der Waals surface area contributed by atoms with Crippen molar-refractivity contribution in [1.82, 2.24) is 4.98 Å². The third-order valence-electron chi connectivity index (χ3n) is 4.99. The number of para-hydroxylation sites is 1. The fraction of sp³-hybridized carbons (Fsp3) is 0.400. The van der Waals surface area contributed by atoms with Crippen molar-refractivity contribution < 1.29 is 9.53 Å². The number of nitrogens with one attached hydrogen (secondary N) is 1. The van der Waals surface area contributed by atoms with E-state index < -0.39 is 0 Å². The first-order valence-electron chi connectivity index (χ1n) is 9.23. The van der Waals surface area contributed by atoms with Crippen LogP contribution in [-0.2, 0) is 9.53 Å². The number of anilines is 3. The smallest absolute Gasteiger partial charge is 0.254 e. The quantitative estimate of drug-likeness (QED) is 0.916. The van der Waals surface area contributed by atoms with Gasteiger partial charge in [0.05, 0.1) is 11.9 Å². The molecule has 1 aromatic heterocycles. The molecular formula is C20H24N4O2. The Balaban J connectivity index is 1.32. The van der Waals surface area contributed by atoms with Gasteiger partial charge in [0, 0.05) is 38.5 Å². The van der Waals surface area contributed by atoms with Gasteiger partial charge in [-0.3, -0.25) is 4.79 Å². The van der Waals surface area contributed by atoms with Gasteiger partial charge in [-0.15, -0.1) is 0 Å². The molecule has 2 aliphatic heterocycles. The van der Waals surface area contributed by atoms with E-state index in [2.05, 4.69) is 44.4 Å². The summed E-state index contributed by atoms with van der Waals surface area (Å²) in [7, 11) is 0. The molecule has 0 radical (unpaired) electrons. The molecule has 0 aliphatic carbocycles. The van der Waals surface area contributed by atoms with E-state index in [1.807, 2.05) is 24.4 Å². The lowest BCUT2D eigenvalue weighted by Crippen LogP contribution is -2.46. The number of rotatable bonds is 4. The highest BCUT2D eigenvalue weighted by Gasteiger charge is 2.24. The van der Waals surface area contributed by atoms with Gasteiger partial charge in [-0.25, -0.2) is 4.98 Å². The Morgan fingerprint density at radius 2 is 1.73 bits per heavy atom. The zero-order valence-corrected chi connectivity index (χ0v) is 14.8. The van der Waals surface area contributed by atoms with Crippen molar-refractivity contribution in [3.05, 3.63) is 48.7 Å². The van der Waals surface area contributed by atoms with Crippen LogP contribution in [-0.4, -0.2) is 49.8 Å². The zero-order valence-electron chi connectivity index (χ0n) is 14.8. The van der Waals surface area contributed by atoms with E-state index in [0.717, 1.165) is 44.7 Å². The summed E-state index contributed by atoms with van der Waals surface area (Å²) < 4.78 is 5.40. The normalized spacial score (nSPS) is 20.2. The summed E-state index contributed by atoms with van der Waals surface area (Å²) in [4.78, 5) is 21.2. The van der Waals surface area contributed by atoms with Gasteiger partial charge in [0.1, 0.15) is 11.9 Å². The van der Waals surface area contributed by atoms with E-state index in [0.29, 0.717) is 12.4 Å². The number of piperazine rings is 1. The van der Waals surface area contributed by atoms with Crippen molar-refractivity contribution >= 4 is 23.1 Å². The van der Waals surface area contributed by atoms with E-state index in [9.17, 15) is 4.79 Å². The highest BCUT2D eigenvalue weighted by atomic mass is 16.5. The summed E-state index contributed by atoms with van der Waals surface area (Å²) in [5.41, 5.74) is 2.37. The van der Waals surface area contributed by atoms with E-state index in [1.54, 1.807) is 0 Å². The fourth-order valence-electron chi connectivity index (χ4n) is 3.50. The van der Waals surface area contributed by atoms with Gasteiger partial charge in [0.25, 0.3) is 5.91 Å². The molecule has 2 aliphatic rings. The van der Waals surface area contributed by atoms with Crippen LogP contribution in [0.5, 0.6) is 0 Å². The van der Waals surface area contributed by atoms with Gasteiger partial charge >= 0.3 is 0 Å². The average molecular weight is 352 g/mol. The van der Waals surface area contributed by atoms with Crippen LogP contribution in [0, 0.1) is 0 Å². The maximum absolute atomic E-state index is 12.1. The van der Waals surface area contributed by atoms with Crippen molar-refractivity contribution in [3.63, 3.8) is 0 Å². The summed E-state index contributed by atoms with van der Waals surface area (Å²) in [5.74, 6) is 0.483. The molecule has 2 saturated heterocycles. The number of amides is 1. The van der Waals surface area contributed by atoms with Gasteiger partial charge in [-0.2, -0.15) is 0 Å². The van der Waals surface area contributed by atoms with Crippen molar-refractivity contribution in [2.24, 2.45) is 0 Å². The van der Waals surface area contributed by atoms with Gasteiger partial charge in [0.15, 0.2) is 0 Å². The summed E-state index contributed by atoms with van der Waals surface area (Å²) >= 11 is 0. The lowest BCUT2D eigenvalue weighted by atomic mass is 10.2. The van der Waals surface area contributed by atoms with E-state index >= 15 is 0 Å². The van der Waals surface area contributed by atoms with Crippen molar-refractivity contribution in [2.45, 2.75) is 18.9 Å². The number of ether oxygens (including phenoxy) is 1. The molecule has 1 aromatic carbocycles. The minimum Gasteiger partial charge on any atom is -0.368 e. The van der Waals surface area contributed by atoms with Crippen LogP contribution in [0.3, 0.4) is 0 Å². The Labute approximate surface area is 153 Å².